The first kappa shape index (κ1) is 13.3. The molecule has 2 fully saturated rings. The molecule has 1 N–H and O–H groups in total. The third-order valence-electron chi connectivity index (χ3n) is 3.99. The summed E-state index contributed by atoms with van der Waals surface area (Å²) in [6, 6.07) is 2.33. The average Bonchev–Trinajstić information content (AvgIpc) is 2.51. The van der Waals surface area contributed by atoms with Crippen LogP contribution in [-0.4, -0.2) is 36.1 Å². The molecule has 90 valence electrons. The van der Waals surface area contributed by atoms with Gasteiger partial charge in [-0.05, 0) is 39.0 Å². The second-order valence-electron chi connectivity index (χ2n) is 5.38. The van der Waals surface area contributed by atoms with Gasteiger partial charge in [-0.25, -0.2) is 0 Å². The van der Waals surface area contributed by atoms with Gasteiger partial charge in [-0.15, -0.1) is 12.4 Å². The number of nitrogens with one attached hydrogen (secondary N) is 1. The summed E-state index contributed by atoms with van der Waals surface area (Å²) in [4.78, 5) is 2.76. The molecular weight excluding hydrogens is 208 g/mol. The topological polar surface area (TPSA) is 15.3 Å². The lowest BCUT2D eigenvalue weighted by molar-refractivity contribution is 0.0676. The fourth-order valence-electron chi connectivity index (χ4n) is 3.31. The summed E-state index contributed by atoms with van der Waals surface area (Å²) in [7, 11) is 0. The van der Waals surface area contributed by atoms with Crippen molar-refractivity contribution in [3.63, 3.8) is 0 Å². The Bertz CT molecular complexity index is 188. The molecule has 1 aliphatic heterocycles. The largest absolute Gasteiger partial charge is 0.314 e. The standard InChI is InChI=1S/C12H24N2.ClH/c1-9-4-5-12(6-9)14-10(2)7-13-8-11(14)3;/h9-13H,4-8H2,1-3H3;1H/t9?,10-,11+,12?;. The van der Waals surface area contributed by atoms with Crippen molar-refractivity contribution in [1.29, 1.82) is 0 Å². The first-order chi connectivity index (χ1) is 6.68. The van der Waals surface area contributed by atoms with E-state index in [0.29, 0.717) is 0 Å². The Morgan fingerprint density at radius 3 is 2.07 bits per heavy atom. The van der Waals surface area contributed by atoms with Crippen LogP contribution < -0.4 is 5.32 Å². The van der Waals surface area contributed by atoms with Crippen molar-refractivity contribution in [3.05, 3.63) is 0 Å². The van der Waals surface area contributed by atoms with E-state index in [1.807, 2.05) is 0 Å². The van der Waals surface area contributed by atoms with Gasteiger partial charge >= 0.3 is 0 Å². The fraction of sp³-hybridized carbons (Fsp3) is 1.00. The molecule has 0 aromatic carbocycles. The van der Waals surface area contributed by atoms with Crippen LogP contribution in [0.5, 0.6) is 0 Å². The first-order valence-corrected chi connectivity index (χ1v) is 6.16. The van der Waals surface area contributed by atoms with Crippen LogP contribution in [-0.2, 0) is 0 Å². The minimum Gasteiger partial charge on any atom is -0.314 e. The SMILES string of the molecule is CC1CCC(N2[C@H](C)CNC[C@@H]2C)C1.Cl. The van der Waals surface area contributed by atoms with Crippen molar-refractivity contribution >= 4 is 12.4 Å². The number of rotatable bonds is 1. The molecule has 0 amide bonds. The Balaban J connectivity index is 0.00000112. The van der Waals surface area contributed by atoms with Gasteiger partial charge in [0.1, 0.15) is 0 Å². The van der Waals surface area contributed by atoms with Crippen LogP contribution in [0.4, 0.5) is 0 Å². The number of nitrogens with zero attached hydrogens (tertiary/aromatic N) is 1. The molecule has 0 bridgehead atoms. The predicted molar refractivity (Wildman–Crippen MR) is 67.7 cm³/mol. The number of halogens is 1. The maximum absolute atomic E-state index is 3.51. The third-order valence-corrected chi connectivity index (χ3v) is 3.99. The van der Waals surface area contributed by atoms with E-state index in [-0.39, 0.29) is 12.4 Å². The second-order valence-corrected chi connectivity index (χ2v) is 5.38. The zero-order valence-electron chi connectivity index (χ0n) is 10.2. The Morgan fingerprint density at radius 2 is 1.60 bits per heavy atom. The highest BCUT2D eigenvalue weighted by Gasteiger charge is 2.34. The van der Waals surface area contributed by atoms with Crippen molar-refractivity contribution in [2.75, 3.05) is 13.1 Å². The molecule has 2 nitrogen and oxygen atoms in total. The Labute approximate surface area is 100 Å². The summed E-state index contributed by atoms with van der Waals surface area (Å²) in [6.45, 7) is 9.49. The van der Waals surface area contributed by atoms with Crippen LogP contribution in [0.3, 0.4) is 0 Å². The monoisotopic (exact) mass is 232 g/mol. The lowest BCUT2D eigenvalue weighted by atomic mass is 10.0. The smallest absolute Gasteiger partial charge is 0.0198 e. The molecule has 2 rings (SSSR count). The first-order valence-electron chi connectivity index (χ1n) is 6.16. The highest BCUT2D eigenvalue weighted by Crippen LogP contribution is 2.31. The van der Waals surface area contributed by atoms with Crippen LogP contribution >= 0.6 is 12.4 Å². The zero-order chi connectivity index (χ0) is 10.1. The fourth-order valence-corrected chi connectivity index (χ4v) is 3.31. The van der Waals surface area contributed by atoms with Crippen molar-refractivity contribution < 1.29 is 0 Å². The molecule has 1 saturated carbocycles. The summed E-state index contributed by atoms with van der Waals surface area (Å²) in [5, 5.41) is 3.51. The van der Waals surface area contributed by atoms with Crippen LogP contribution in [0.1, 0.15) is 40.0 Å². The third kappa shape index (κ3) is 2.86. The van der Waals surface area contributed by atoms with E-state index < -0.39 is 0 Å². The van der Waals surface area contributed by atoms with E-state index in [1.54, 1.807) is 0 Å². The Morgan fingerprint density at radius 1 is 1.00 bits per heavy atom. The van der Waals surface area contributed by atoms with Crippen LogP contribution in [0.15, 0.2) is 0 Å². The molecule has 0 aromatic heterocycles. The Kier molecular flexibility index (Phi) is 4.88. The average molecular weight is 233 g/mol. The molecule has 1 heterocycles. The van der Waals surface area contributed by atoms with E-state index >= 15 is 0 Å². The summed E-state index contributed by atoms with van der Waals surface area (Å²) in [5.41, 5.74) is 0. The van der Waals surface area contributed by atoms with E-state index in [2.05, 4.69) is 31.0 Å². The molecule has 3 heteroatoms. The van der Waals surface area contributed by atoms with Gasteiger partial charge in [0.15, 0.2) is 0 Å². The molecule has 1 saturated heterocycles. The van der Waals surface area contributed by atoms with Gasteiger partial charge in [0.05, 0.1) is 0 Å². The lowest BCUT2D eigenvalue weighted by Crippen LogP contribution is -2.58. The van der Waals surface area contributed by atoms with Gasteiger partial charge in [0.25, 0.3) is 0 Å². The maximum Gasteiger partial charge on any atom is 0.0198 e. The lowest BCUT2D eigenvalue weighted by Gasteiger charge is -2.43. The number of piperazine rings is 1. The van der Waals surface area contributed by atoms with Crippen molar-refractivity contribution in [1.82, 2.24) is 10.2 Å². The summed E-state index contributed by atoms with van der Waals surface area (Å²) in [6.07, 6.45) is 4.29. The highest BCUT2D eigenvalue weighted by atomic mass is 35.5. The van der Waals surface area contributed by atoms with Gasteiger partial charge in [-0.2, -0.15) is 0 Å². The summed E-state index contributed by atoms with van der Waals surface area (Å²) < 4.78 is 0. The number of hydrogen-bond donors (Lipinski definition) is 1. The van der Waals surface area contributed by atoms with E-state index in [4.69, 9.17) is 0 Å². The van der Waals surface area contributed by atoms with Gasteiger partial charge in [-0.1, -0.05) is 6.92 Å². The minimum absolute atomic E-state index is 0. The van der Waals surface area contributed by atoms with E-state index in [1.165, 1.54) is 32.4 Å². The van der Waals surface area contributed by atoms with Crippen molar-refractivity contribution in [2.45, 2.75) is 58.2 Å². The zero-order valence-corrected chi connectivity index (χ0v) is 11.0. The predicted octanol–water partition coefficient (Wildman–Crippen LogP) is 2.28. The van der Waals surface area contributed by atoms with E-state index in [0.717, 1.165) is 24.0 Å². The highest BCUT2D eigenvalue weighted by molar-refractivity contribution is 5.85. The van der Waals surface area contributed by atoms with Crippen LogP contribution in [0, 0.1) is 5.92 Å². The molecule has 1 aliphatic carbocycles. The second kappa shape index (κ2) is 5.51. The minimum atomic E-state index is 0. The maximum atomic E-state index is 3.51. The molecule has 2 unspecified atom stereocenters. The van der Waals surface area contributed by atoms with Gasteiger partial charge < -0.3 is 5.32 Å². The van der Waals surface area contributed by atoms with Gasteiger partial charge in [0, 0.05) is 31.2 Å². The van der Waals surface area contributed by atoms with E-state index in [9.17, 15) is 0 Å². The Hall–Kier alpha value is 0.210. The van der Waals surface area contributed by atoms with Crippen molar-refractivity contribution in [3.8, 4) is 0 Å². The molecular formula is C12H25ClN2. The van der Waals surface area contributed by atoms with Crippen LogP contribution in [0.25, 0.3) is 0 Å². The molecule has 2 aliphatic rings. The van der Waals surface area contributed by atoms with Gasteiger partial charge in [-0.3, -0.25) is 4.90 Å². The quantitative estimate of drug-likeness (QED) is 0.747. The molecule has 0 radical (unpaired) electrons. The molecule has 0 spiro atoms. The van der Waals surface area contributed by atoms with Gasteiger partial charge in [0.2, 0.25) is 0 Å². The summed E-state index contributed by atoms with van der Waals surface area (Å²) >= 11 is 0. The van der Waals surface area contributed by atoms with Crippen LogP contribution in [0.2, 0.25) is 0 Å². The molecule has 15 heavy (non-hydrogen) atoms. The normalized spacial score (nSPS) is 42.6. The molecule has 4 atom stereocenters. The van der Waals surface area contributed by atoms with Crippen molar-refractivity contribution in [2.24, 2.45) is 5.92 Å². The summed E-state index contributed by atoms with van der Waals surface area (Å²) in [5.74, 6) is 0.953. The number of hydrogen-bond acceptors (Lipinski definition) is 2. The molecule has 0 aromatic rings.